The van der Waals surface area contributed by atoms with Crippen LogP contribution in [0.25, 0.3) is 0 Å². The molecule has 7 nitrogen and oxygen atoms in total. The molecule has 4 aliphatic carbocycles. The van der Waals surface area contributed by atoms with Crippen molar-refractivity contribution in [1.82, 2.24) is 19.8 Å². The number of aromatic nitrogens is 2. The zero-order valence-corrected chi connectivity index (χ0v) is 21.7. The van der Waals surface area contributed by atoms with Gasteiger partial charge in [-0.25, -0.2) is 9.97 Å². The quantitative estimate of drug-likeness (QED) is 0.658. The molecule has 1 aromatic rings. The van der Waals surface area contributed by atoms with Crippen molar-refractivity contribution in [2.45, 2.75) is 84.1 Å². The van der Waals surface area contributed by atoms with Gasteiger partial charge in [0.2, 0.25) is 11.8 Å². The van der Waals surface area contributed by atoms with Gasteiger partial charge in [-0.3, -0.25) is 9.59 Å². The highest BCUT2D eigenvalue weighted by atomic mass is 16.2. The fraction of sp³-hybridized carbons (Fsp3) is 0.786. The first kappa shape index (κ1) is 23.2. The van der Waals surface area contributed by atoms with Gasteiger partial charge in [0.05, 0.1) is 5.41 Å². The van der Waals surface area contributed by atoms with E-state index < -0.39 is 0 Å². The molecule has 4 saturated carbocycles. The second-order valence-corrected chi connectivity index (χ2v) is 12.5. The Kier molecular flexibility index (Phi) is 5.80. The number of aryl methyl sites for hydroxylation is 1. The summed E-state index contributed by atoms with van der Waals surface area (Å²) >= 11 is 0. The molecule has 190 valence electrons. The molecule has 0 aromatic carbocycles. The number of carbonyl (C=O) groups is 2. The van der Waals surface area contributed by atoms with Crippen LogP contribution in [-0.4, -0.2) is 70.3 Å². The van der Waals surface area contributed by atoms with Gasteiger partial charge in [0.1, 0.15) is 17.7 Å². The largest absolute Gasteiger partial charge is 0.353 e. The van der Waals surface area contributed by atoms with Crippen LogP contribution in [0.2, 0.25) is 0 Å². The predicted molar refractivity (Wildman–Crippen MR) is 135 cm³/mol. The Labute approximate surface area is 209 Å². The fourth-order valence-corrected chi connectivity index (χ4v) is 8.31. The molecule has 0 spiro atoms. The van der Waals surface area contributed by atoms with Crippen LogP contribution >= 0.6 is 0 Å². The van der Waals surface area contributed by atoms with Gasteiger partial charge in [-0.1, -0.05) is 13.8 Å². The second kappa shape index (κ2) is 8.74. The van der Waals surface area contributed by atoms with Gasteiger partial charge in [-0.15, -0.1) is 0 Å². The van der Waals surface area contributed by atoms with Crippen LogP contribution in [0.3, 0.4) is 0 Å². The molecule has 35 heavy (non-hydrogen) atoms. The van der Waals surface area contributed by atoms with E-state index >= 15 is 0 Å². The third kappa shape index (κ3) is 4.13. The van der Waals surface area contributed by atoms with Crippen LogP contribution < -0.4 is 4.90 Å². The summed E-state index contributed by atoms with van der Waals surface area (Å²) in [6.07, 6.45) is 9.00. The SMILES string of the molecule is Cc1cc(N2CCN(C(=O)C3CCCN3C(=O)C34CC5CC(CC(C5)C3)C4)CC2)nc(C(C)C)n1. The Hall–Kier alpha value is -2.18. The van der Waals surface area contributed by atoms with Crippen molar-refractivity contribution in [3.8, 4) is 0 Å². The molecule has 0 N–H and O–H groups in total. The molecule has 3 heterocycles. The number of rotatable bonds is 4. The minimum Gasteiger partial charge on any atom is -0.353 e. The van der Waals surface area contributed by atoms with Gasteiger partial charge in [-0.2, -0.15) is 0 Å². The number of carbonyl (C=O) groups excluding carboxylic acids is 2. The Bertz CT molecular complexity index is 964. The van der Waals surface area contributed by atoms with Gasteiger partial charge in [-0.05, 0) is 76.0 Å². The van der Waals surface area contributed by atoms with Crippen molar-refractivity contribution < 1.29 is 9.59 Å². The van der Waals surface area contributed by atoms with Crippen molar-refractivity contribution in [2.75, 3.05) is 37.6 Å². The topological polar surface area (TPSA) is 69.6 Å². The molecule has 2 aliphatic heterocycles. The van der Waals surface area contributed by atoms with Crippen LogP contribution in [0, 0.1) is 30.1 Å². The first-order valence-electron chi connectivity index (χ1n) is 14.0. The summed E-state index contributed by atoms with van der Waals surface area (Å²) in [6.45, 7) is 9.94. The van der Waals surface area contributed by atoms with Gasteiger partial charge >= 0.3 is 0 Å². The van der Waals surface area contributed by atoms with E-state index in [0.29, 0.717) is 19.0 Å². The highest BCUT2D eigenvalue weighted by Crippen LogP contribution is 2.60. The highest BCUT2D eigenvalue weighted by molar-refractivity contribution is 5.91. The maximum atomic E-state index is 14.0. The number of likely N-dealkylation sites (tertiary alicyclic amines) is 1. The second-order valence-electron chi connectivity index (χ2n) is 12.5. The van der Waals surface area contributed by atoms with Gasteiger partial charge in [0.15, 0.2) is 0 Å². The number of anilines is 1. The van der Waals surface area contributed by atoms with E-state index in [1.54, 1.807) is 0 Å². The van der Waals surface area contributed by atoms with Gasteiger partial charge in [0.25, 0.3) is 0 Å². The maximum absolute atomic E-state index is 14.0. The zero-order valence-electron chi connectivity index (χ0n) is 21.7. The minimum atomic E-state index is -0.254. The van der Waals surface area contributed by atoms with E-state index in [1.165, 1.54) is 19.3 Å². The smallest absolute Gasteiger partial charge is 0.245 e. The van der Waals surface area contributed by atoms with Crippen LogP contribution in [0.5, 0.6) is 0 Å². The fourth-order valence-electron chi connectivity index (χ4n) is 8.31. The average Bonchev–Trinajstić information content (AvgIpc) is 3.32. The van der Waals surface area contributed by atoms with Crippen molar-refractivity contribution >= 4 is 17.6 Å². The highest BCUT2D eigenvalue weighted by Gasteiger charge is 2.57. The molecular weight excluding hydrogens is 438 g/mol. The molecule has 0 radical (unpaired) electrons. The lowest BCUT2D eigenvalue weighted by Crippen LogP contribution is -2.59. The van der Waals surface area contributed by atoms with Crippen LogP contribution in [0.1, 0.15) is 82.7 Å². The Morgan fingerprint density at radius 3 is 2.17 bits per heavy atom. The monoisotopic (exact) mass is 479 g/mol. The zero-order chi connectivity index (χ0) is 24.3. The van der Waals surface area contributed by atoms with E-state index in [1.807, 2.05) is 22.8 Å². The molecule has 7 rings (SSSR count). The molecule has 2 saturated heterocycles. The standard InChI is InChI=1S/C28H41N5O2/c1-18(2)25-29-19(3)11-24(30-25)31-7-9-32(10-8-31)26(34)23-5-4-6-33(23)27(35)28-15-20-12-21(16-28)14-22(13-20)17-28/h11,18,20-23H,4-10,12-17H2,1-3H3. The lowest BCUT2D eigenvalue weighted by Gasteiger charge is -2.56. The minimum absolute atomic E-state index is 0.157. The van der Waals surface area contributed by atoms with Crippen molar-refractivity contribution in [1.29, 1.82) is 0 Å². The van der Waals surface area contributed by atoms with Crippen LogP contribution in [-0.2, 0) is 9.59 Å². The summed E-state index contributed by atoms with van der Waals surface area (Å²) < 4.78 is 0. The molecule has 6 aliphatic rings. The molecule has 1 unspecified atom stereocenters. The number of amides is 2. The average molecular weight is 480 g/mol. The molecular formula is C28H41N5O2. The summed E-state index contributed by atoms with van der Waals surface area (Å²) in [5, 5.41) is 0. The number of hydrogen-bond acceptors (Lipinski definition) is 5. The molecule has 6 fully saturated rings. The summed E-state index contributed by atoms with van der Waals surface area (Å²) in [7, 11) is 0. The van der Waals surface area contributed by atoms with Gasteiger partial charge in [0, 0.05) is 50.4 Å². The summed E-state index contributed by atoms with van der Waals surface area (Å²) in [6, 6.07) is 1.79. The molecule has 1 atom stereocenters. The Balaban J connectivity index is 1.12. The summed E-state index contributed by atoms with van der Waals surface area (Å²) in [5.41, 5.74) is 0.831. The molecule has 7 heteroatoms. The summed E-state index contributed by atoms with van der Waals surface area (Å²) in [5.74, 6) is 4.86. The van der Waals surface area contributed by atoms with E-state index in [2.05, 4.69) is 23.7 Å². The number of nitrogens with zero attached hydrogens (tertiary/aromatic N) is 5. The van der Waals surface area contributed by atoms with E-state index in [4.69, 9.17) is 4.98 Å². The predicted octanol–water partition coefficient (Wildman–Crippen LogP) is 3.76. The molecule has 2 amide bonds. The van der Waals surface area contributed by atoms with Crippen LogP contribution in [0.15, 0.2) is 6.07 Å². The first-order chi connectivity index (χ1) is 16.8. The lowest BCUT2D eigenvalue weighted by atomic mass is 9.49. The van der Waals surface area contributed by atoms with E-state index in [-0.39, 0.29) is 23.3 Å². The van der Waals surface area contributed by atoms with Crippen molar-refractivity contribution in [3.63, 3.8) is 0 Å². The maximum Gasteiger partial charge on any atom is 0.245 e. The normalized spacial score (nSPS) is 34.2. The summed E-state index contributed by atoms with van der Waals surface area (Å²) in [4.78, 5) is 43.3. The number of hydrogen-bond donors (Lipinski definition) is 0. The van der Waals surface area contributed by atoms with E-state index in [0.717, 1.165) is 86.8 Å². The Morgan fingerprint density at radius 2 is 1.57 bits per heavy atom. The third-order valence-corrected chi connectivity index (χ3v) is 9.58. The van der Waals surface area contributed by atoms with Gasteiger partial charge < -0.3 is 14.7 Å². The molecule has 1 aromatic heterocycles. The van der Waals surface area contributed by atoms with E-state index in [9.17, 15) is 9.59 Å². The van der Waals surface area contributed by atoms with Crippen molar-refractivity contribution in [3.05, 3.63) is 17.6 Å². The first-order valence-corrected chi connectivity index (χ1v) is 14.0. The number of piperazine rings is 1. The lowest BCUT2D eigenvalue weighted by molar-refractivity contribution is -0.162. The third-order valence-electron chi connectivity index (χ3n) is 9.58. The van der Waals surface area contributed by atoms with Crippen molar-refractivity contribution in [2.24, 2.45) is 23.2 Å². The Morgan fingerprint density at radius 1 is 0.943 bits per heavy atom. The molecule has 4 bridgehead atoms. The van der Waals surface area contributed by atoms with Crippen LogP contribution in [0.4, 0.5) is 5.82 Å².